The van der Waals surface area contributed by atoms with Crippen LogP contribution in [0.1, 0.15) is 44.1 Å². The highest BCUT2D eigenvalue weighted by atomic mass is 32.1. The number of hydrogen-bond acceptors (Lipinski definition) is 2. The summed E-state index contributed by atoms with van der Waals surface area (Å²) in [5.41, 5.74) is 1.48. The second kappa shape index (κ2) is 7.08. The second-order valence-electron chi connectivity index (χ2n) is 4.94. The molecule has 16 heavy (non-hydrogen) atoms. The number of nitrogens with one attached hydrogen (secondary N) is 1. The van der Waals surface area contributed by atoms with Gasteiger partial charge < -0.3 is 5.32 Å². The maximum Gasteiger partial charge on any atom is -0.000794 e. The van der Waals surface area contributed by atoms with Crippen LogP contribution in [0.15, 0.2) is 16.8 Å². The minimum absolute atomic E-state index is 0.949. The summed E-state index contributed by atoms with van der Waals surface area (Å²) in [6.07, 6.45) is 9.93. The van der Waals surface area contributed by atoms with Crippen LogP contribution in [-0.4, -0.2) is 13.1 Å². The van der Waals surface area contributed by atoms with Crippen molar-refractivity contribution in [2.75, 3.05) is 13.1 Å². The fourth-order valence-corrected chi connectivity index (χ4v) is 3.24. The van der Waals surface area contributed by atoms with Crippen molar-refractivity contribution < 1.29 is 0 Å². The molecule has 1 heterocycles. The summed E-state index contributed by atoms with van der Waals surface area (Å²) in [6, 6.07) is 2.23. The average Bonchev–Trinajstić information content (AvgIpc) is 2.68. The first-order valence-corrected chi connectivity index (χ1v) is 7.61. The third kappa shape index (κ3) is 4.26. The molecule has 2 heteroatoms. The topological polar surface area (TPSA) is 12.0 Å². The summed E-state index contributed by atoms with van der Waals surface area (Å²) < 4.78 is 0. The van der Waals surface area contributed by atoms with Gasteiger partial charge in [0.15, 0.2) is 0 Å². The summed E-state index contributed by atoms with van der Waals surface area (Å²) in [4.78, 5) is 0. The SMILES string of the molecule is c1cc(CCNCC2CCCCCC2)cs1. The first-order valence-electron chi connectivity index (χ1n) is 6.67. The molecule has 1 aliphatic rings. The van der Waals surface area contributed by atoms with Gasteiger partial charge in [0.2, 0.25) is 0 Å². The molecule has 2 rings (SSSR count). The Labute approximate surface area is 103 Å². The van der Waals surface area contributed by atoms with Crippen molar-refractivity contribution in [3.05, 3.63) is 22.4 Å². The lowest BCUT2D eigenvalue weighted by Crippen LogP contribution is -2.24. The van der Waals surface area contributed by atoms with E-state index in [1.54, 1.807) is 11.3 Å². The van der Waals surface area contributed by atoms with E-state index in [2.05, 4.69) is 22.1 Å². The van der Waals surface area contributed by atoms with Gasteiger partial charge in [-0.15, -0.1) is 0 Å². The van der Waals surface area contributed by atoms with Crippen LogP contribution in [0.25, 0.3) is 0 Å². The van der Waals surface area contributed by atoms with Crippen LogP contribution in [0, 0.1) is 5.92 Å². The summed E-state index contributed by atoms with van der Waals surface area (Å²) in [5.74, 6) is 0.949. The minimum atomic E-state index is 0.949. The summed E-state index contributed by atoms with van der Waals surface area (Å²) >= 11 is 1.80. The molecule has 90 valence electrons. The van der Waals surface area contributed by atoms with Gasteiger partial charge in [0.1, 0.15) is 0 Å². The smallest absolute Gasteiger partial charge is 0.000794 e. The van der Waals surface area contributed by atoms with Crippen molar-refractivity contribution in [1.82, 2.24) is 5.32 Å². The van der Waals surface area contributed by atoms with Crippen molar-refractivity contribution in [2.24, 2.45) is 5.92 Å². The zero-order chi connectivity index (χ0) is 11.1. The average molecular weight is 237 g/mol. The predicted octanol–water partition coefficient (Wildman–Crippen LogP) is 3.85. The molecular formula is C14H23NS. The molecule has 0 bridgehead atoms. The molecule has 0 aromatic carbocycles. The predicted molar refractivity (Wildman–Crippen MR) is 72.1 cm³/mol. The third-order valence-corrected chi connectivity index (χ3v) is 4.31. The minimum Gasteiger partial charge on any atom is -0.316 e. The molecule has 0 atom stereocenters. The molecule has 1 fully saturated rings. The Bertz CT molecular complexity index is 260. The second-order valence-corrected chi connectivity index (χ2v) is 5.72. The molecule has 0 unspecified atom stereocenters. The molecule has 1 saturated carbocycles. The maximum absolute atomic E-state index is 3.63. The van der Waals surface area contributed by atoms with Crippen molar-refractivity contribution >= 4 is 11.3 Å². The van der Waals surface area contributed by atoms with E-state index in [1.165, 1.54) is 57.1 Å². The van der Waals surface area contributed by atoms with Crippen molar-refractivity contribution in [3.8, 4) is 0 Å². The number of hydrogen-bond donors (Lipinski definition) is 1. The highest BCUT2D eigenvalue weighted by Gasteiger charge is 2.11. The summed E-state index contributed by atoms with van der Waals surface area (Å²) in [6.45, 7) is 2.39. The fourth-order valence-electron chi connectivity index (χ4n) is 2.54. The van der Waals surface area contributed by atoms with E-state index >= 15 is 0 Å². The highest BCUT2D eigenvalue weighted by molar-refractivity contribution is 7.07. The molecule has 1 aromatic rings. The van der Waals surface area contributed by atoms with Crippen LogP contribution in [0.3, 0.4) is 0 Å². The molecule has 1 aliphatic carbocycles. The Morgan fingerprint density at radius 3 is 2.69 bits per heavy atom. The Kier molecular flexibility index (Phi) is 5.36. The van der Waals surface area contributed by atoms with E-state index in [-0.39, 0.29) is 0 Å². The van der Waals surface area contributed by atoms with E-state index in [9.17, 15) is 0 Å². The van der Waals surface area contributed by atoms with E-state index in [0.717, 1.165) is 12.5 Å². The number of thiophene rings is 1. The van der Waals surface area contributed by atoms with Gasteiger partial charge in [-0.1, -0.05) is 25.7 Å². The van der Waals surface area contributed by atoms with Gasteiger partial charge in [0.05, 0.1) is 0 Å². The Balaban J connectivity index is 1.56. The fraction of sp³-hybridized carbons (Fsp3) is 0.714. The molecule has 1 nitrogen and oxygen atoms in total. The van der Waals surface area contributed by atoms with Crippen LogP contribution in [0.2, 0.25) is 0 Å². The molecule has 0 spiro atoms. The van der Waals surface area contributed by atoms with E-state index in [1.807, 2.05) is 0 Å². The molecule has 1 N–H and O–H groups in total. The zero-order valence-corrected chi connectivity index (χ0v) is 10.9. The maximum atomic E-state index is 3.63. The lowest BCUT2D eigenvalue weighted by molar-refractivity contribution is 0.427. The van der Waals surface area contributed by atoms with Crippen LogP contribution in [0.4, 0.5) is 0 Å². The quantitative estimate of drug-likeness (QED) is 0.606. The Morgan fingerprint density at radius 2 is 2.00 bits per heavy atom. The standard InChI is InChI=1S/C14H23NS/c1-2-4-6-13(5-3-1)11-15-9-7-14-8-10-16-12-14/h8,10,12-13,15H,1-7,9,11H2. The van der Waals surface area contributed by atoms with Crippen LogP contribution in [-0.2, 0) is 6.42 Å². The van der Waals surface area contributed by atoms with Gasteiger partial charge in [0, 0.05) is 0 Å². The molecule has 1 aromatic heterocycles. The van der Waals surface area contributed by atoms with Gasteiger partial charge >= 0.3 is 0 Å². The normalized spacial score (nSPS) is 18.5. The van der Waals surface area contributed by atoms with E-state index in [0.29, 0.717) is 0 Å². The summed E-state index contributed by atoms with van der Waals surface area (Å²) in [5, 5.41) is 8.05. The molecule has 0 radical (unpaired) electrons. The van der Waals surface area contributed by atoms with Gasteiger partial charge in [-0.2, -0.15) is 11.3 Å². The largest absolute Gasteiger partial charge is 0.316 e. The van der Waals surface area contributed by atoms with Crippen LogP contribution < -0.4 is 5.32 Å². The lowest BCUT2D eigenvalue weighted by Gasteiger charge is -2.14. The van der Waals surface area contributed by atoms with Crippen LogP contribution >= 0.6 is 11.3 Å². The van der Waals surface area contributed by atoms with Crippen molar-refractivity contribution in [2.45, 2.75) is 44.9 Å². The van der Waals surface area contributed by atoms with Gasteiger partial charge in [-0.25, -0.2) is 0 Å². The Morgan fingerprint density at radius 1 is 1.19 bits per heavy atom. The van der Waals surface area contributed by atoms with Crippen molar-refractivity contribution in [1.29, 1.82) is 0 Å². The van der Waals surface area contributed by atoms with Gasteiger partial charge in [-0.05, 0) is 60.7 Å². The first-order chi connectivity index (χ1) is 7.95. The Hall–Kier alpha value is -0.340. The zero-order valence-electron chi connectivity index (χ0n) is 10.1. The lowest BCUT2D eigenvalue weighted by atomic mass is 10.0. The van der Waals surface area contributed by atoms with Gasteiger partial charge in [0.25, 0.3) is 0 Å². The number of rotatable bonds is 5. The first kappa shape index (κ1) is 12.1. The molecular weight excluding hydrogens is 214 g/mol. The third-order valence-electron chi connectivity index (χ3n) is 3.58. The van der Waals surface area contributed by atoms with E-state index < -0.39 is 0 Å². The highest BCUT2D eigenvalue weighted by Crippen LogP contribution is 2.21. The van der Waals surface area contributed by atoms with Crippen molar-refractivity contribution in [3.63, 3.8) is 0 Å². The van der Waals surface area contributed by atoms with Gasteiger partial charge in [-0.3, -0.25) is 0 Å². The monoisotopic (exact) mass is 237 g/mol. The van der Waals surface area contributed by atoms with E-state index in [4.69, 9.17) is 0 Å². The molecule has 0 saturated heterocycles. The molecule has 0 aliphatic heterocycles. The summed E-state index contributed by atoms with van der Waals surface area (Å²) in [7, 11) is 0. The van der Waals surface area contributed by atoms with Crippen LogP contribution in [0.5, 0.6) is 0 Å². The molecule has 0 amide bonds.